The number of hydrogen-bond donors (Lipinski definition) is 0. The van der Waals surface area contributed by atoms with Gasteiger partial charge in [0.2, 0.25) is 0 Å². The van der Waals surface area contributed by atoms with E-state index < -0.39 is 42.3 Å². The van der Waals surface area contributed by atoms with E-state index >= 15 is 0 Å². The Hall–Kier alpha value is -3.39. The van der Waals surface area contributed by atoms with Crippen LogP contribution in [0.5, 0.6) is 5.75 Å². The summed E-state index contributed by atoms with van der Waals surface area (Å²) < 4.78 is 28.9. The third kappa shape index (κ3) is 8.05. The molecule has 2 aromatic carbocycles. The van der Waals surface area contributed by atoms with Crippen molar-refractivity contribution in [1.82, 2.24) is 0 Å². The molecule has 200 valence electrons. The molecule has 8 nitrogen and oxygen atoms in total. The largest absolute Gasteiger partial charge is 0.489 e. The maximum absolute atomic E-state index is 11.9. The highest BCUT2D eigenvalue weighted by atomic mass is 16.6. The summed E-state index contributed by atoms with van der Waals surface area (Å²) in [6, 6.07) is 15.9. The SMILES string of the molecule is CCC(C)c1ccc([C@H]2C[C@@H](OC(C)=O)[C@H](OC(C)=O)[C@@H](COC(C)=O)O2)c(OCc2ccccc2)c1. The molecule has 1 aliphatic rings. The average molecular weight is 513 g/mol. The summed E-state index contributed by atoms with van der Waals surface area (Å²) in [6.07, 6.45) is -1.92. The van der Waals surface area contributed by atoms with Crippen LogP contribution in [-0.2, 0) is 39.9 Å². The molecule has 1 unspecified atom stereocenters. The highest BCUT2D eigenvalue weighted by molar-refractivity contribution is 5.67. The molecule has 0 aromatic heterocycles. The standard InChI is InChI=1S/C29H36O8/c1-6-18(2)23-12-13-24(25(14-23)34-16-22-10-8-7-9-11-22)26-15-27(35-20(4)31)29(36-21(5)32)28(37-26)17-33-19(3)30/h7-14,18,26-29H,6,15-17H2,1-5H3/t18?,26-,27-,28-,29+/m1/s1. The topological polar surface area (TPSA) is 97.4 Å². The fourth-order valence-corrected chi connectivity index (χ4v) is 4.35. The van der Waals surface area contributed by atoms with Crippen molar-refractivity contribution in [1.29, 1.82) is 0 Å². The molecular weight excluding hydrogens is 476 g/mol. The molecule has 0 bridgehead atoms. The van der Waals surface area contributed by atoms with Crippen molar-refractivity contribution in [3.63, 3.8) is 0 Å². The van der Waals surface area contributed by atoms with Gasteiger partial charge in [0.05, 0.1) is 6.10 Å². The lowest BCUT2D eigenvalue weighted by Crippen LogP contribution is -2.51. The van der Waals surface area contributed by atoms with Crippen molar-refractivity contribution >= 4 is 17.9 Å². The number of carbonyl (C=O) groups excluding carboxylic acids is 3. The molecule has 0 saturated carbocycles. The summed E-state index contributed by atoms with van der Waals surface area (Å²) in [6.45, 7) is 8.34. The van der Waals surface area contributed by atoms with E-state index in [9.17, 15) is 14.4 Å². The number of benzene rings is 2. The Kier molecular flexibility index (Phi) is 10.1. The Labute approximate surface area is 218 Å². The third-order valence-corrected chi connectivity index (χ3v) is 6.39. The van der Waals surface area contributed by atoms with Crippen LogP contribution in [0.4, 0.5) is 0 Å². The first-order chi connectivity index (χ1) is 17.7. The van der Waals surface area contributed by atoms with Crippen molar-refractivity contribution in [2.75, 3.05) is 6.61 Å². The van der Waals surface area contributed by atoms with Crippen molar-refractivity contribution in [2.24, 2.45) is 0 Å². The van der Waals surface area contributed by atoms with Gasteiger partial charge in [0, 0.05) is 32.8 Å². The molecule has 37 heavy (non-hydrogen) atoms. The molecule has 0 N–H and O–H groups in total. The van der Waals surface area contributed by atoms with Crippen LogP contribution in [0.15, 0.2) is 48.5 Å². The molecule has 8 heteroatoms. The van der Waals surface area contributed by atoms with E-state index in [1.165, 1.54) is 20.8 Å². The lowest BCUT2D eigenvalue weighted by Gasteiger charge is -2.40. The highest BCUT2D eigenvalue weighted by Crippen LogP contribution is 2.40. The monoisotopic (exact) mass is 512 g/mol. The Morgan fingerprint density at radius 1 is 0.973 bits per heavy atom. The van der Waals surface area contributed by atoms with Gasteiger partial charge in [-0.1, -0.05) is 56.3 Å². The predicted octanol–water partition coefficient (Wildman–Crippen LogP) is 5.04. The molecule has 1 saturated heterocycles. The van der Waals surface area contributed by atoms with E-state index in [0.717, 1.165) is 23.1 Å². The quantitative estimate of drug-likeness (QED) is 0.323. The summed E-state index contributed by atoms with van der Waals surface area (Å²) in [4.78, 5) is 35.3. The molecule has 0 aliphatic carbocycles. The van der Waals surface area contributed by atoms with Gasteiger partial charge in [-0.3, -0.25) is 14.4 Å². The summed E-state index contributed by atoms with van der Waals surface area (Å²) in [7, 11) is 0. The minimum absolute atomic E-state index is 0.160. The molecule has 1 aliphatic heterocycles. The van der Waals surface area contributed by atoms with E-state index in [1.54, 1.807) is 0 Å². The minimum Gasteiger partial charge on any atom is -0.489 e. The normalized spacial score (nSPS) is 22.0. The van der Waals surface area contributed by atoms with Gasteiger partial charge in [0.1, 0.15) is 31.2 Å². The molecule has 1 fully saturated rings. The lowest BCUT2D eigenvalue weighted by atomic mass is 9.90. The van der Waals surface area contributed by atoms with Crippen LogP contribution in [0.3, 0.4) is 0 Å². The number of rotatable bonds is 10. The van der Waals surface area contributed by atoms with Gasteiger partial charge in [-0.05, 0) is 29.5 Å². The van der Waals surface area contributed by atoms with Crippen LogP contribution < -0.4 is 4.74 Å². The first-order valence-electron chi connectivity index (χ1n) is 12.6. The van der Waals surface area contributed by atoms with Gasteiger partial charge in [0.25, 0.3) is 0 Å². The minimum atomic E-state index is -0.926. The lowest BCUT2D eigenvalue weighted by molar-refractivity contribution is -0.216. The van der Waals surface area contributed by atoms with Gasteiger partial charge in [-0.15, -0.1) is 0 Å². The molecule has 0 spiro atoms. The maximum Gasteiger partial charge on any atom is 0.303 e. The summed E-state index contributed by atoms with van der Waals surface area (Å²) >= 11 is 0. The molecule has 0 radical (unpaired) electrons. The Balaban J connectivity index is 1.97. The van der Waals surface area contributed by atoms with Crippen LogP contribution in [0.2, 0.25) is 0 Å². The first kappa shape index (κ1) is 28.2. The van der Waals surface area contributed by atoms with Crippen LogP contribution in [0.25, 0.3) is 0 Å². The molecular formula is C29H36O8. The zero-order chi connectivity index (χ0) is 26.9. The van der Waals surface area contributed by atoms with Gasteiger partial charge < -0.3 is 23.7 Å². The van der Waals surface area contributed by atoms with E-state index in [4.69, 9.17) is 23.7 Å². The van der Waals surface area contributed by atoms with Crippen LogP contribution in [-0.4, -0.2) is 42.8 Å². The van der Waals surface area contributed by atoms with Gasteiger partial charge >= 0.3 is 17.9 Å². The Bertz CT molecular complexity index is 1070. The number of hydrogen-bond acceptors (Lipinski definition) is 8. The van der Waals surface area contributed by atoms with Gasteiger partial charge in [-0.2, -0.15) is 0 Å². The van der Waals surface area contributed by atoms with Gasteiger partial charge in [0.15, 0.2) is 6.10 Å². The summed E-state index contributed by atoms with van der Waals surface area (Å²) in [5, 5.41) is 0. The van der Waals surface area contributed by atoms with Crippen molar-refractivity contribution < 1.29 is 38.1 Å². The smallest absolute Gasteiger partial charge is 0.303 e. The molecule has 0 amide bonds. The Morgan fingerprint density at radius 2 is 1.68 bits per heavy atom. The summed E-state index contributed by atoms with van der Waals surface area (Å²) in [5.74, 6) is -0.575. The van der Waals surface area contributed by atoms with E-state index in [-0.39, 0.29) is 13.0 Å². The van der Waals surface area contributed by atoms with E-state index in [0.29, 0.717) is 18.3 Å². The number of carbonyl (C=O) groups is 3. The second-order valence-corrected chi connectivity index (χ2v) is 9.30. The van der Waals surface area contributed by atoms with Crippen LogP contribution >= 0.6 is 0 Å². The third-order valence-electron chi connectivity index (χ3n) is 6.39. The predicted molar refractivity (Wildman–Crippen MR) is 136 cm³/mol. The molecule has 3 rings (SSSR count). The zero-order valence-electron chi connectivity index (χ0n) is 22.1. The summed E-state index contributed by atoms with van der Waals surface area (Å²) in [5.41, 5.74) is 2.93. The van der Waals surface area contributed by atoms with Gasteiger partial charge in [-0.25, -0.2) is 0 Å². The highest BCUT2D eigenvalue weighted by Gasteiger charge is 2.44. The average Bonchev–Trinajstić information content (AvgIpc) is 2.86. The second-order valence-electron chi connectivity index (χ2n) is 9.30. The maximum atomic E-state index is 11.9. The van der Waals surface area contributed by atoms with Crippen LogP contribution in [0.1, 0.15) is 76.2 Å². The number of esters is 3. The van der Waals surface area contributed by atoms with Crippen LogP contribution in [0, 0.1) is 0 Å². The zero-order valence-corrected chi connectivity index (χ0v) is 22.1. The molecule has 1 heterocycles. The van der Waals surface area contributed by atoms with Crippen molar-refractivity contribution in [3.05, 3.63) is 65.2 Å². The van der Waals surface area contributed by atoms with E-state index in [1.807, 2.05) is 48.5 Å². The molecule has 5 atom stereocenters. The molecule has 2 aromatic rings. The van der Waals surface area contributed by atoms with Crippen molar-refractivity contribution in [2.45, 2.75) is 84.4 Å². The van der Waals surface area contributed by atoms with E-state index in [2.05, 4.69) is 13.8 Å². The fraction of sp³-hybridized carbons (Fsp3) is 0.483. The number of ether oxygens (including phenoxy) is 5. The Morgan fingerprint density at radius 3 is 2.30 bits per heavy atom. The first-order valence-corrected chi connectivity index (χ1v) is 12.6. The fourth-order valence-electron chi connectivity index (χ4n) is 4.35. The second kappa shape index (κ2) is 13.2. The van der Waals surface area contributed by atoms with Crippen molar-refractivity contribution in [3.8, 4) is 5.75 Å².